The Bertz CT molecular complexity index is 7040. The molecule has 23 N–H and O–H groups in total. The van der Waals surface area contributed by atoms with Crippen molar-refractivity contribution in [2.75, 3.05) is 0 Å². The molecule has 0 radical (unpaired) electrons. The molecular formula is C106H88O23. The zero-order valence-corrected chi connectivity index (χ0v) is 68.7. The molecule has 0 fully saturated rings. The van der Waals surface area contributed by atoms with Crippen molar-refractivity contribution in [1.82, 2.24) is 0 Å². The molecule has 0 aliphatic heterocycles. The van der Waals surface area contributed by atoms with E-state index < -0.39 is 0 Å². The van der Waals surface area contributed by atoms with E-state index in [-0.39, 0.29) is 155 Å². The fourth-order valence-corrected chi connectivity index (χ4v) is 15.6. The number of benzene rings is 18. The van der Waals surface area contributed by atoms with Crippen LogP contribution in [0, 0.1) is 0 Å². The summed E-state index contributed by atoms with van der Waals surface area (Å²) in [5.41, 5.74) is 12.2. The number of rotatable bonds is 16. The number of hydrogen-bond acceptors (Lipinski definition) is 23. The van der Waals surface area contributed by atoms with E-state index in [2.05, 4.69) is 0 Å². The summed E-state index contributed by atoms with van der Waals surface area (Å²) in [6.45, 7) is 0. The Hall–Kier alpha value is -17.3. The lowest BCUT2D eigenvalue weighted by Gasteiger charge is -2.16. The number of fused-ring (bicyclic) bond motifs is 5. The third-order valence-corrected chi connectivity index (χ3v) is 22.2. The Labute approximate surface area is 737 Å². The summed E-state index contributed by atoms with van der Waals surface area (Å²) in [4.78, 5) is 0. The molecule has 23 nitrogen and oxygen atoms in total. The van der Waals surface area contributed by atoms with Gasteiger partial charge in [0.15, 0.2) is 0 Å². The average Bonchev–Trinajstić information content (AvgIpc) is 0.787. The second kappa shape index (κ2) is 38.2. The van der Waals surface area contributed by atoms with E-state index in [1.54, 1.807) is 231 Å². The summed E-state index contributed by atoms with van der Waals surface area (Å²) in [7, 11) is 0. The summed E-state index contributed by atoms with van der Waals surface area (Å²) in [6.07, 6.45) is 3.30. The third kappa shape index (κ3) is 20.5. The number of phenols is 23. The van der Waals surface area contributed by atoms with Gasteiger partial charge in [-0.05, 0) is 234 Å². The predicted octanol–water partition coefficient (Wildman–Crippen LogP) is 20.2. The lowest BCUT2D eigenvalue weighted by Crippen LogP contribution is -1.97. The van der Waals surface area contributed by atoms with E-state index in [1.165, 1.54) is 66.7 Å². The van der Waals surface area contributed by atoms with Crippen LogP contribution in [-0.2, 0) is 51.4 Å². The van der Waals surface area contributed by atoms with Gasteiger partial charge < -0.3 is 117 Å². The smallest absolute Gasteiger partial charge is 0.134 e. The van der Waals surface area contributed by atoms with Crippen molar-refractivity contribution in [1.29, 1.82) is 0 Å². The van der Waals surface area contributed by atoms with Gasteiger partial charge in [0.05, 0.1) is 26.9 Å². The van der Waals surface area contributed by atoms with E-state index in [0.29, 0.717) is 116 Å². The molecule has 0 amide bonds. The van der Waals surface area contributed by atoms with Crippen LogP contribution in [0.25, 0.3) is 53.9 Å². The van der Waals surface area contributed by atoms with Crippen LogP contribution in [0.15, 0.2) is 297 Å². The molecule has 23 heteroatoms. The third-order valence-electron chi connectivity index (χ3n) is 22.2. The quantitative estimate of drug-likeness (QED) is 0.0427. The molecule has 0 spiro atoms. The molecule has 0 unspecified atom stereocenters. The molecule has 0 atom stereocenters. The van der Waals surface area contributed by atoms with Crippen molar-refractivity contribution in [3.05, 3.63) is 386 Å². The van der Waals surface area contributed by atoms with Crippen molar-refractivity contribution in [3.8, 4) is 132 Å². The Balaban J connectivity index is 0.000000131. The van der Waals surface area contributed by atoms with Gasteiger partial charge in [0.25, 0.3) is 0 Å². The molecule has 0 aliphatic rings. The highest BCUT2D eigenvalue weighted by Gasteiger charge is 2.24. The maximum Gasteiger partial charge on any atom is 0.134 e. The Morgan fingerprint density at radius 1 is 0.140 bits per heavy atom. The molecule has 650 valence electrons. The minimum absolute atomic E-state index is 0.0290. The monoisotopic (exact) mass is 1730 g/mol. The molecule has 18 rings (SSSR count). The lowest BCUT2D eigenvalue weighted by atomic mass is 9.90. The van der Waals surface area contributed by atoms with Crippen LogP contribution in [0.3, 0.4) is 0 Å². The van der Waals surface area contributed by atoms with Gasteiger partial charge in [-0.1, -0.05) is 146 Å². The highest BCUT2D eigenvalue weighted by Crippen LogP contribution is 2.48. The molecule has 0 saturated heterocycles. The second-order valence-corrected chi connectivity index (χ2v) is 31.1. The van der Waals surface area contributed by atoms with Crippen LogP contribution in [0.5, 0.6) is 132 Å². The van der Waals surface area contributed by atoms with Gasteiger partial charge in [-0.25, -0.2) is 0 Å². The van der Waals surface area contributed by atoms with Crippen LogP contribution in [0.1, 0.15) is 89.0 Å². The van der Waals surface area contributed by atoms with Gasteiger partial charge in [0.1, 0.15) is 132 Å². The van der Waals surface area contributed by atoms with Gasteiger partial charge in [-0.15, -0.1) is 0 Å². The molecule has 18 aromatic rings. The lowest BCUT2D eigenvalue weighted by molar-refractivity contribution is 0.439. The van der Waals surface area contributed by atoms with E-state index >= 15 is 0 Å². The SMILES string of the molecule is Oc1ccc(Cc2c(O)cc(O)c3c(O)cccc23)cc1.Oc1ccc(Cc2ccc(O)c3c(O)cc(O)c(Cc4ccc(O)cc4)c23)cc1.Oc1ccc(Cc2ccc(O)c3c(O)cc(O)cc23)cc1.Oc1ccc(Cc2ccc3c(Cc4ccc(O)cc4)c(O)cc(O)c3c2O)cc1.Oc1ccc(Cc2ccc3cc(O)c(Cc4ccc(O)cc4)c(O)c3c2O)cc1. The molecule has 0 saturated carbocycles. The standard InChI is InChI=1S/3C24H20O5.2C17H14O4/c25-18-7-1-14(2-8-18)11-17-6-5-16-13-21(27)20(24(29)22(16)23(17)28)12-15-3-9-19(26)10-4-15;25-17-6-1-14(2-7-17)11-16-5-10-20(27)24-22(29)13-21(28)19(23(16)24)12-15-3-8-18(26)9-4-15;25-17-6-1-14(2-7-17)11-16-5-10-19-20(12-15-3-8-18(26)9-4-15)21(27)13-22(28)23(19)24(16)29;18-12-4-1-10(2-5-12)7-11-3-6-15(20)17-14(11)8-13(19)9-16(17)21;18-11-6-4-10(5-7-11)8-13-12-2-1-3-14(19)17(12)16(21)9-15(13)20/h3*1-10,13,25-29H,11-12H2;1-6,8-9,18-21H,7H2;1-7,9,18-21H,8H2. The number of aromatic hydroxyl groups is 23. The topological polar surface area (TPSA) is 465 Å². The highest BCUT2D eigenvalue weighted by molar-refractivity contribution is 6.02. The van der Waals surface area contributed by atoms with Crippen molar-refractivity contribution in [3.63, 3.8) is 0 Å². The maximum atomic E-state index is 10.9. The van der Waals surface area contributed by atoms with E-state index in [0.717, 1.165) is 55.6 Å². The summed E-state index contributed by atoms with van der Waals surface area (Å²) in [6, 6.07) is 80.0. The van der Waals surface area contributed by atoms with Gasteiger partial charge in [-0.2, -0.15) is 0 Å². The molecular weight excluding hydrogens is 1640 g/mol. The summed E-state index contributed by atoms with van der Waals surface area (Å²) in [5.74, 6) is -0.0358. The fraction of sp³-hybridized carbons (Fsp3) is 0.0755. The van der Waals surface area contributed by atoms with Crippen LogP contribution < -0.4 is 0 Å². The van der Waals surface area contributed by atoms with Crippen LogP contribution >= 0.6 is 0 Å². The predicted molar refractivity (Wildman–Crippen MR) is 492 cm³/mol. The largest absolute Gasteiger partial charge is 0.508 e. The average molecular weight is 1730 g/mol. The number of phenolic OH excluding ortho intramolecular Hbond substituents is 23. The van der Waals surface area contributed by atoms with E-state index in [9.17, 15) is 117 Å². The van der Waals surface area contributed by atoms with Crippen molar-refractivity contribution >= 4 is 53.9 Å². The minimum Gasteiger partial charge on any atom is -0.508 e. The second-order valence-electron chi connectivity index (χ2n) is 31.1. The molecule has 0 heterocycles. The van der Waals surface area contributed by atoms with Crippen LogP contribution in [-0.4, -0.2) is 117 Å². The Morgan fingerprint density at radius 2 is 0.426 bits per heavy atom. The first kappa shape index (κ1) is 88.0. The molecule has 0 aromatic heterocycles. The van der Waals surface area contributed by atoms with Gasteiger partial charge in [-0.3, -0.25) is 0 Å². The Morgan fingerprint density at radius 3 is 0.853 bits per heavy atom. The van der Waals surface area contributed by atoms with Crippen molar-refractivity contribution in [2.45, 2.75) is 51.4 Å². The first-order valence-electron chi connectivity index (χ1n) is 40.5. The molecule has 18 aromatic carbocycles. The molecule has 0 bridgehead atoms. The van der Waals surface area contributed by atoms with Gasteiger partial charge in [0, 0.05) is 85.0 Å². The van der Waals surface area contributed by atoms with Gasteiger partial charge >= 0.3 is 0 Å². The Kier molecular flexibility index (Phi) is 26.1. The molecule has 0 aliphatic carbocycles. The van der Waals surface area contributed by atoms with E-state index in [1.807, 2.05) is 0 Å². The van der Waals surface area contributed by atoms with Crippen LogP contribution in [0.4, 0.5) is 0 Å². The number of hydrogen-bond donors (Lipinski definition) is 23. The minimum atomic E-state index is -0.197. The zero-order valence-electron chi connectivity index (χ0n) is 68.7. The normalized spacial score (nSPS) is 11.0. The van der Waals surface area contributed by atoms with Crippen molar-refractivity contribution in [2.24, 2.45) is 0 Å². The summed E-state index contributed by atoms with van der Waals surface area (Å²) >= 11 is 0. The van der Waals surface area contributed by atoms with Gasteiger partial charge in [0.2, 0.25) is 0 Å². The van der Waals surface area contributed by atoms with E-state index in [4.69, 9.17) is 0 Å². The summed E-state index contributed by atoms with van der Waals surface area (Å²) < 4.78 is 0. The first-order valence-corrected chi connectivity index (χ1v) is 40.5. The first-order chi connectivity index (χ1) is 61.9. The maximum absolute atomic E-state index is 10.9. The zero-order chi connectivity index (χ0) is 91.6. The fourth-order valence-electron chi connectivity index (χ4n) is 15.6. The molecule has 129 heavy (non-hydrogen) atoms. The highest BCUT2D eigenvalue weighted by atomic mass is 16.3. The summed E-state index contributed by atoms with van der Waals surface area (Å²) in [5, 5.41) is 234. The van der Waals surface area contributed by atoms with Crippen molar-refractivity contribution < 1.29 is 117 Å². The van der Waals surface area contributed by atoms with Crippen LogP contribution in [0.2, 0.25) is 0 Å².